The van der Waals surface area contributed by atoms with Gasteiger partial charge in [0.2, 0.25) is 0 Å². The summed E-state index contributed by atoms with van der Waals surface area (Å²) in [6.45, 7) is 4.23. The molecule has 0 amide bonds. The van der Waals surface area contributed by atoms with Crippen molar-refractivity contribution in [3.05, 3.63) is 36.5 Å². The van der Waals surface area contributed by atoms with Gasteiger partial charge in [0, 0.05) is 12.8 Å². The van der Waals surface area contributed by atoms with E-state index in [1.807, 2.05) is 12.2 Å². The highest BCUT2D eigenvalue weighted by molar-refractivity contribution is 5.51. The van der Waals surface area contributed by atoms with E-state index in [1.165, 1.54) is 0 Å². The van der Waals surface area contributed by atoms with Gasteiger partial charge in [-0.1, -0.05) is 50.3 Å². The molecule has 0 spiro atoms. The number of aldehydes is 2. The van der Waals surface area contributed by atoms with E-state index in [4.69, 9.17) is 0 Å². The lowest BCUT2D eigenvalue weighted by molar-refractivity contribution is -0.108. The maximum Gasteiger partial charge on any atom is 0.123 e. The quantitative estimate of drug-likeness (QED) is 0.296. The van der Waals surface area contributed by atoms with Crippen molar-refractivity contribution >= 4 is 12.6 Å². The summed E-state index contributed by atoms with van der Waals surface area (Å²) in [4.78, 5) is 19.7. The van der Waals surface area contributed by atoms with Gasteiger partial charge in [-0.2, -0.15) is 0 Å². The lowest BCUT2D eigenvalue weighted by Gasteiger charge is -1.89. The maximum absolute atomic E-state index is 9.88. The van der Waals surface area contributed by atoms with Gasteiger partial charge in [0.25, 0.3) is 0 Å². The Kier molecular flexibility index (Phi) is 23.7. The molecule has 2 nitrogen and oxygen atoms in total. The Balaban J connectivity index is 0. The molecule has 114 valence electrons. The van der Waals surface area contributed by atoms with E-state index < -0.39 is 0 Å². The van der Waals surface area contributed by atoms with E-state index >= 15 is 0 Å². The number of rotatable bonds is 11. The molecule has 0 unspecified atom stereocenters. The first kappa shape index (κ1) is 20.9. The summed E-state index contributed by atoms with van der Waals surface area (Å²) in [5, 5.41) is 0. The number of carbonyl (C=O) groups is 2. The van der Waals surface area contributed by atoms with Crippen LogP contribution < -0.4 is 0 Å². The third kappa shape index (κ3) is 25.4. The number of allylic oxidation sites excluding steroid dienone is 6. The molecule has 0 aromatic rings. The van der Waals surface area contributed by atoms with Crippen LogP contribution in [0.4, 0.5) is 0 Å². The van der Waals surface area contributed by atoms with Crippen molar-refractivity contribution in [2.75, 3.05) is 0 Å². The fourth-order valence-corrected chi connectivity index (χ4v) is 1.36. The molecule has 0 aromatic heterocycles. The molecule has 0 aliphatic carbocycles. The van der Waals surface area contributed by atoms with E-state index in [1.54, 1.807) is 0 Å². The van der Waals surface area contributed by atoms with Crippen LogP contribution in [0.5, 0.6) is 0 Å². The van der Waals surface area contributed by atoms with E-state index in [0.29, 0.717) is 6.42 Å². The van der Waals surface area contributed by atoms with Crippen LogP contribution in [0.15, 0.2) is 36.5 Å². The largest absolute Gasteiger partial charge is 0.303 e. The Morgan fingerprint density at radius 2 is 1.15 bits per heavy atom. The number of hydrogen-bond donors (Lipinski definition) is 0. The van der Waals surface area contributed by atoms with Crippen LogP contribution in [0.25, 0.3) is 0 Å². The molecule has 0 aliphatic heterocycles. The van der Waals surface area contributed by atoms with Gasteiger partial charge in [-0.05, 0) is 38.5 Å². The molecular formula is C18H30O2. The third-order valence-corrected chi connectivity index (χ3v) is 2.42. The van der Waals surface area contributed by atoms with Crippen LogP contribution >= 0.6 is 0 Å². The topological polar surface area (TPSA) is 34.1 Å². The van der Waals surface area contributed by atoms with Crippen molar-refractivity contribution in [3.63, 3.8) is 0 Å². The first-order valence-electron chi connectivity index (χ1n) is 7.65. The second-order valence-electron chi connectivity index (χ2n) is 4.32. The summed E-state index contributed by atoms with van der Waals surface area (Å²) >= 11 is 0. The predicted molar refractivity (Wildman–Crippen MR) is 87.8 cm³/mol. The molecule has 0 fully saturated rings. The summed E-state index contributed by atoms with van der Waals surface area (Å²) in [5.41, 5.74) is 0. The first-order chi connectivity index (χ1) is 9.83. The van der Waals surface area contributed by atoms with Gasteiger partial charge < -0.3 is 9.59 Å². The Bertz CT molecular complexity index is 275. The predicted octanol–water partition coefficient (Wildman–Crippen LogP) is 5.20. The molecule has 0 rings (SSSR count). The van der Waals surface area contributed by atoms with Crippen molar-refractivity contribution in [1.82, 2.24) is 0 Å². The molecule has 0 N–H and O–H groups in total. The van der Waals surface area contributed by atoms with Gasteiger partial charge in [0.15, 0.2) is 0 Å². The second-order valence-corrected chi connectivity index (χ2v) is 4.32. The summed E-state index contributed by atoms with van der Waals surface area (Å²) in [7, 11) is 0. The van der Waals surface area contributed by atoms with Gasteiger partial charge in [-0.3, -0.25) is 0 Å². The standard InChI is InChI=1S/C9H16O.C9H14O/c2*1-2-3-4-5-6-7-8-9-10/h3-4,9H,2,5-8H2,1H3;3-4,6-7,9H,2,5,8H2,1H3. The molecule has 0 heterocycles. The smallest absolute Gasteiger partial charge is 0.123 e. The third-order valence-electron chi connectivity index (χ3n) is 2.42. The normalized spacial score (nSPS) is 10.9. The highest BCUT2D eigenvalue weighted by Crippen LogP contribution is 1.98. The van der Waals surface area contributed by atoms with Crippen molar-refractivity contribution in [2.45, 2.75) is 65.2 Å². The fourth-order valence-electron chi connectivity index (χ4n) is 1.36. The van der Waals surface area contributed by atoms with Crippen LogP contribution in [-0.4, -0.2) is 12.6 Å². The van der Waals surface area contributed by atoms with Gasteiger partial charge in [0.05, 0.1) is 0 Å². The van der Waals surface area contributed by atoms with E-state index in [9.17, 15) is 9.59 Å². The molecule has 0 saturated carbocycles. The van der Waals surface area contributed by atoms with Gasteiger partial charge >= 0.3 is 0 Å². The van der Waals surface area contributed by atoms with Crippen molar-refractivity contribution < 1.29 is 9.59 Å². The Morgan fingerprint density at radius 3 is 1.75 bits per heavy atom. The van der Waals surface area contributed by atoms with Crippen LogP contribution in [0, 0.1) is 0 Å². The number of carbonyl (C=O) groups excluding carboxylic acids is 2. The zero-order valence-corrected chi connectivity index (χ0v) is 13.1. The summed E-state index contributed by atoms with van der Waals surface area (Å²) in [6, 6.07) is 0. The molecule has 0 aromatic carbocycles. The zero-order chi connectivity index (χ0) is 15.3. The first-order valence-corrected chi connectivity index (χ1v) is 7.65. The fraction of sp³-hybridized carbons (Fsp3) is 0.556. The summed E-state index contributed by atoms with van der Waals surface area (Å²) in [5.74, 6) is 0. The molecule has 0 bridgehead atoms. The zero-order valence-electron chi connectivity index (χ0n) is 13.1. The summed E-state index contributed by atoms with van der Waals surface area (Å²) < 4.78 is 0. The summed E-state index contributed by atoms with van der Waals surface area (Å²) in [6.07, 6.45) is 22.1. The second kappa shape index (κ2) is 22.7. The highest BCUT2D eigenvalue weighted by Gasteiger charge is 1.82. The minimum atomic E-state index is 0.542. The Hall–Kier alpha value is -1.44. The SMILES string of the molecule is CCC=CCC=CCC=O.CCC=CCCCCC=O. The van der Waals surface area contributed by atoms with Crippen molar-refractivity contribution in [3.8, 4) is 0 Å². The number of unbranched alkanes of at least 4 members (excludes halogenated alkanes) is 3. The molecule has 20 heavy (non-hydrogen) atoms. The van der Waals surface area contributed by atoms with Crippen LogP contribution in [0.3, 0.4) is 0 Å². The van der Waals surface area contributed by atoms with Gasteiger partial charge in [0.1, 0.15) is 12.6 Å². The molecular weight excluding hydrogens is 248 g/mol. The van der Waals surface area contributed by atoms with E-state index in [2.05, 4.69) is 38.2 Å². The molecule has 0 radical (unpaired) electrons. The van der Waals surface area contributed by atoms with Crippen molar-refractivity contribution in [2.24, 2.45) is 0 Å². The lowest BCUT2D eigenvalue weighted by Crippen LogP contribution is -1.75. The van der Waals surface area contributed by atoms with Crippen molar-refractivity contribution in [1.29, 1.82) is 0 Å². The van der Waals surface area contributed by atoms with Crippen LogP contribution in [-0.2, 0) is 9.59 Å². The lowest BCUT2D eigenvalue weighted by atomic mass is 10.2. The van der Waals surface area contributed by atoms with Gasteiger partial charge in [-0.15, -0.1) is 0 Å². The highest BCUT2D eigenvalue weighted by atomic mass is 16.1. The molecule has 0 saturated heterocycles. The van der Waals surface area contributed by atoms with E-state index in [0.717, 1.165) is 57.5 Å². The van der Waals surface area contributed by atoms with E-state index in [-0.39, 0.29) is 0 Å². The molecule has 2 heteroatoms. The monoisotopic (exact) mass is 278 g/mol. The average Bonchev–Trinajstić information content (AvgIpc) is 2.47. The Labute approximate surface area is 124 Å². The van der Waals surface area contributed by atoms with Crippen LogP contribution in [0.1, 0.15) is 65.2 Å². The molecule has 0 atom stereocenters. The minimum Gasteiger partial charge on any atom is -0.303 e. The minimum absolute atomic E-state index is 0.542. The van der Waals surface area contributed by atoms with Crippen LogP contribution in [0.2, 0.25) is 0 Å². The Morgan fingerprint density at radius 1 is 0.600 bits per heavy atom. The maximum atomic E-state index is 9.88. The number of hydrogen-bond acceptors (Lipinski definition) is 2. The van der Waals surface area contributed by atoms with Gasteiger partial charge in [-0.25, -0.2) is 0 Å². The average molecular weight is 278 g/mol. The molecule has 0 aliphatic rings.